The molecule has 2 atom stereocenters. The lowest BCUT2D eigenvalue weighted by molar-refractivity contribution is -0.124. The van der Waals surface area contributed by atoms with Gasteiger partial charge >= 0.3 is 0 Å². The first-order chi connectivity index (χ1) is 13.2. The normalized spacial score (nSPS) is 23.2. The average Bonchev–Trinajstić information content (AvgIpc) is 3.37. The Bertz CT molecular complexity index is 709. The van der Waals surface area contributed by atoms with Gasteiger partial charge in [0.05, 0.1) is 0 Å². The minimum absolute atomic E-state index is 0. The number of hydrogen-bond donors (Lipinski definition) is 2. The average molecular weight is 410 g/mol. The third-order valence-electron chi connectivity index (χ3n) is 5.69. The van der Waals surface area contributed by atoms with Gasteiger partial charge in [0, 0.05) is 18.7 Å². The lowest BCUT2D eigenvalue weighted by Gasteiger charge is -2.25. The molecule has 154 valence electrons. The molecule has 2 fully saturated rings. The maximum absolute atomic E-state index is 12.9. The Kier molecular flexibility index (Phi) is 7.02. The first kappa shape index (κ1) is 20.7. The van der Waals surface area contributed by atoms with Crippen LogP contribution in [0.1, 0.15) is 42.5 Å². The third kappa shape index (κ3) is 4.52. The number of rotatable bonds is 5. The molecule has 8 heteroatoms. The van der Waals surface area contributed by atoms with Crippen LogP contribution in [0.5, 0.6) is 11.5 Å². The van der Waals surface area contributed by atoms with Crippen LogP contribution in [0.3, 0.4) is 0 Å². The van der Waals surface area contributed by atoms with E-state index < -0.39 is 0 Å². The first-order valence-electron chi connectivity index (χ1n) is 9.91. The molecule has 0 saturated carbocycles. The molecule has 0 aromatic heterocycles. The highest BCUT2D eigenvalue weighted by atomic mass is 35.5. The largest absolute Gasteiger partial charge is 0.454 e. The summed E-state index contributed by atoms with van der Waals surface area (Å²) in [7, 11) is 0. The monoisotopic (exact) mass is 409 g/mol. The lowest BCUT2D eigenvalue weighted by Crippen LogP contribution is -2.46. The number of benzene rings is 1. The Hall–Kier alpha value is -1.99. The van der Waals surface area contributed by atoms with E-state index in [9.17, 15) is 9.59 Å². The van der Waals surface area contributed by atoms with Crippen molar-refractivity contribution in [2.75, 3.05) is 33.0 Å². The zero-order valence-corrected chi connectivity index (χ0v) is 16.8. The number of ether oxygens (including phenoxy) is 2. The predicted octanol–water partition coefficient (Wildman–Crippen LogP) is 1.95. The molecule has 3 aliphatic heterocycles. The van der Waals surface area contributed by atoms with Crippen molar-refractivity contribution < 1.29 is 19.1 Å². The predicted molar refractivity (Wildman–Crippen MR) is 107 cm³/mol. The maximum atomic E-state index is 12.9. The molecule has 0 bridgehead atoms. The summed E-state index contributed by atoms with van der Waals surface area (Å²) in [6.07, 6.45) is 4.98. The maximum Gasteiger partial charge on any atom is 0.254 e. The van der Waals surface area contributed by atoms with E-state index in [0.717, 1.165) is 25.9 Å². The molecule has 4 rings (SSSR count). The van der Waals surface area contributed by atoms with Gasteiger partial charge in [0.15, 0.2) is 11.5 Å². The van der Waals surface area contributed by atoms with Crippen LogP contribution in [-0.2, 0) is 4.79 Å². The second kappa shape index (κ2) is 9.47. The van der Waals surface area contributed by atoms with E-state index in [1.165, 1.54) is 12.8 Å². The number of likely N-dealkylation sites (tertiary alicyclic amines) is 1. The van der Waals surface area contributed by atoms with Crippen LogP contribution in [0.2, 0.25) is 0 Å². The smallest absolute Gasteiger partial charge is 0.254 e. The third-order valence-corrected chi connectivity index (χ3v) is 5.69. The Morgan fingerprint density at radius 2 is 2.04 bits per heavy atom. The molecule has 28 heavy (non-hydrogen) atoms. The topological polar surface area (TPSA) is 79.9 Å². The summed E-state index contributed by atoms with van der Waals surface area (Å²) in [5.74, 6) is 1.71. The molecule has 0 radical (unpaired) electrons. The molecular formula is C20H28ClN3O4. The van der Waals surface area contributed by atoms with E-state index in [-0.39, 0.29) is 37.1 Å². The molecular weight excluding hydrogens is 382 g/mol. The van der Waals surface area contributed by atoms with Crippen molar-refractivity contribution in [3.63, 3.8) is 0 Å². The fourth-order valence-electron chi connectivity index (χ4n) is 4.17. The van der Waals surface area contributed by atoms with Crippen molar-refractivity contribution in [2.45, 2.75) is 38.1 Å². The van der Waals surface area contributed by atoms with E-state index in [1.807, 2.05) is 0 Å². The van der Waals surface area contributed by atoms with Gasteiger partial charge in [-0.25, -0.2) is 0 Å². The molecule has 1 aromatic carbocycles. The standard InChI is InChI=1S/C20H27N3O4.ClH/c24-19(22-9-7-14-3-1-8-21-12-14)16-4-2-10-23(16)20(25)15-5-6-17-18(11-15)27-13-26-17;/h5-6,11,14,16,21H,1-4,7-10,12-13H2,(H,22,24);1H. The second-order valence-electron chi connectivity index (χ2n) is 7.52. The van der Waals surface area contributed by atoms with Crippen LogP contribution >= 0.6 is 12.4 Å². The van der Waals surface area contributed by atoms with Gasteiger partial charge in [-0.2, -0.15) is 0 Å². The molecule has 0 aliphatic carbocycles. The van der Waals surface area contributed by atoms with Gasteiger partial charge in [0.25, 0.3) is 5.91 Å². The summed E-state index contributed by atoms with van der Waals surface area (Å²) in [6, 6.07) is 4.80. The van der Waals surface area contributed by atoms with Crippen LogP contribution in [0, 0.1) is 5.92 Å². The Morgan fingerprint density at radius 3 is 2.86 bits per heavy atom. The SMILES string of the molecule is Cl.O=C(NCCC1CCCNC1)C1CCCN1C(=O)c1ccc2c(c1)OCO2. The van der Waals surface area contributed by atoms with Crippen LogP contribution in [-0.4, -0.2) is 55.7 Å². The second-order valence-corrected chi connectivity index (χ2v) is 7.52. The van der Waals surface area contributed by atoms with Crippen molar-refractivity contribution in [3.05, 3.63) is 23.8 Å². The number of hydrogen-bond acceptors (Lipinski definition) is 5. The zero-order valence-electron chi connectivity index (χ0n) is 15.9. The van der Waals surface area contributed by atoms with E-state index in [0.29, 0.717) is 42.5 Å². The minimum Gasteiger partial charge on any atom is -0.454 e. The number of piperidine rings is 1. The van der Waals surface area contributed by atoms with Crippen LogP contribution in [0.25, 0.3) is 0 Å². The summed E-state index contributed by atoms with van der Waals surface area (Å²) >= 11 is 0. The van der Waals surface area contributed by atoms with Gasteiger partial charge in [-0.3, -0.25) is 9.59 Å². The Labute approximate surface area is 171 Å². The fourth-order valence-corrected chi connectivity index (χ4v) is 4.17. The van der Waals surface area contributed by atoms with Crippen LogP contribution in [0.15, 0.2) is 18.2 Å². The molecule has 2 unspecified atom stereocenters. The number of carbonyl (C=O) groups excluding carboxylic acids is 2. The molecule has 0 spiro atoms. The molecule has 7 nitrogen and oxygen atoms in total. The van der Waals surface area contributed by atoms with Crippen molar-refractivity contribution in [1.29, 1.82) is 0 Å². The van der Waals surface area contributed by atoms with Gasteiger partial charge in [0.2, 0.25) is 12.7 Å². The first-order valence-corrected chi connectivity index (χ1v) is 9.91. The molecule has 2 amide bonds. The highest BCUT2D eigenvalue weighted by Crippen LogP contribution is 2.33. The molecule has 2 saturated heterocycles. The zero-order chi connectivity index (χ0) is 18.6. The summed E-state index contributed by atoms with van der Waals surface area (Å²) in [6.45, 7) is 3.60. The van der Waals surface area contributed by atoms with E-state index in [2.05, 4.69) is 10.6 Å². The lowest BCUT2D eigenvalue weighted by atomic mass is 9.96. The quantitative estimate of drug-likeness (QED) is 0.777. The van der Waals surface area contributed by atoms with Gasteiger partial charge in [-0.15, -0.1) is 12.4 Å². The van der Waals surface area contributed by atoms with E-state index >= 15 is 0 Å². The number of carbonyl (C=O) groups is 2. The van der Waals surface area contributed by atoms with Crippen LogP contribution in [0.4, 0.5) is 0 Å². The van der Waals surface area contributed by atoms with Gasteiger partial charge in [0.1, 0.15) is 6.04 Å². The van der Waals surface area contributed by atoms with Crippen molar-refractivity contribution in [3.8, 4) is 11.5 Å². The van der Waals surface area contributed by atoms with Crippen molar-refractivity contribution >= 4 is 24.2 Å². The van der Waals surface area contributed by atoms with Crippen LogP contribution < -0.4 is 20.1 Å². The molecule has 3 aliphatic rings. The van der Waals surface area contributed by atoms with E-state index in [4.69, 9.17) is 9.47 Å². The van der Waals surface area contributed by atoms with Gasteiger partial charge < -0.3 is 25.0 Å². The number of nitrogens with zero attached hydrogens (tertiary/aromatic N) is 1. The van der Waals surface area contributed by atoms with E-state index in [1.54, 1.807) is 23.1 Å². The highest BCUT2D eigenvalue weighted by molar-refractivity contribution is 5.98. The van der Waals surface area contributed by atoms with Gasteiger partial charge in [-0.1, -0.05) is 0 Å². The molecule has 2 N–H and O–H groups in total. The Balaban J connectivity index is 0.00000225. The Morgan fingerprint density at radius 1 is 1.18 bits per heavy atom. The minimum atomic E-state index is -0.382. The number of halogens is 1. The summed E-state index contributed by atoms with van der Waals surface area (Å²) in [4.78, 5) is 27.3. The summed E-state index contributed by atoms with van der Waals surface area (Å²) in [5.41, 5.74) is 0.534. The van der Waals surface area contributed by atoms with Crippen molar-refractivity contribution in [1.82, 2.24) is 15.5 Å². The number of amides is 2. The highest BCUT2D eigenvalue weighted by Gasteiger charge is 2.35. The summed E-state index contributed by atoms with van der Waals surface area (Å²) in [5, 5.41) is 6.45. The molecule has 1 aromatic rings. The van der Waals surface area contributed by atoms with Gasteiger partial charge in [-0.05, 0) is 69.3 Å². The fraction of sp³-hybridized carbons (Fsp3) is 0.600. The van der Waals surface area contributed by atoms with Crippen molar-refractivity contribution in [2.24, 2.45) is 5.92 Å². The number of fused-ring (bicyclic) bond motifs is 1. The number of nitrogens with one attached hydrogen (secondary N) is 2. The summed E-state index contributed by atoms with van der Waals surface area (Å²) < 4.78 is 10.7. The molecule has 3 heterocycles.